The van der Waals surface area contributed by atoms with Crippen LogP contribution in [0.4, 0.5) is 0 Å². The number of halogens is 1. The quantitative estimate of drug-likeness (QED) is 0.414. The number of carboxylic acid groups (broad SMARTS) is 1. The van der Waals surface area contributed by atoms with Crippen molar-refractivity contribution in [2.45, 2.75) is 36.6 Å². The molecule has 5 atom stereocenters. The molecule has 0 amide bonds. The number of aliphatic hydroxyl groups excluding tert-OH is 3. The van der Waals surface area contributed by atoms with E-state index in [9.17, 15) is 24.9 Å². The monoisotopic (exact) mass is 386 g/mol. The smallest absolute Gasteiger partial charge is 0.336 e. The molecule has 0 spiro atoms. The van der Waals surface area contributed by atoms with Gasteiger partial charge in [0.1, 0.15) is 29.6 Å². The van der Waals surface area contributed by atoms with Crippen LogP contribution in [0.15, 0.2) is 33.5 Å². The Bertz CT molecular complexity index is 880. The Kier molecular flexibility index (Phi) is 5.17. The van der Waals surface area contributed by atoms with Crippen molar-refractivity contribution < 1.29 is 39.1 Å². The van der Waals surface area contributed by atoms with Crippen LogP contribution in [0.25, 0.3) is 11.0 Å². The zero-order chi connectivity index (χ0) is 19.0. The van der Waals surface area contributed by atoms with Crippen LogP contribution in [-0.2, 0) is 15.4 Å². The summed E-state index contributed by atoms with van der Waals surface area (Å²) in [6.07, 6.45) is -8.63. The number of aliphatic carboxylic acids is 1. The third kappa shape index (κ3) is 3.39. The Morgan fingerprint density at radius 3 is 2.54 bits per heavy atom. The molecule has 1 saturated heterocycles. The molecule has 2 aromatic rings. The average molecular weight is 387 g/mol. The minimum Gasteiger partial charge on any atom is -0.479 e. The summed E-state index contributed by atoms with van der Waals surface area (Å²) in [7, 11) is 0. The molecule has 0 aliphatic carbocycles. The summed E-state index contributed by atoms with van der Waals surface area (Å²) < 4.78 is 15.5. The zero-order valence-corrected chi connectivity index (χ0v) is 13.9. The van der Waals surface area contributed by atoms with E-state index >= 15 is 0 Å². The normalized spacial score (nSPS) is 28.8. The second-order valence-electron chi connectivity index (χ2n) is 5.74. The molecule has 2 heterocycles. The maximum Gasteiger partial charge on any atom is 0.336 e. The van der Waals surface area contributed by atoms with Gasteiger partial charge < -0.3 is 34.3 Å². The van der Waals surface area contributed by atoms with E-state index in [1.165, 1.54) is 18.2 Å². The van der Waals surface area contributed by atoms with Gasteiger partial charge in [-0.1, -0.05) is 0 Å². The molecule has 0 bridgehead atoms. The summed E-state index contributed by atoms with van der Waals surface area (Å²) in [6, 6.07) is 5.65. The maximum atomic E-state index is 11.6. The Morgan fingerprint density at radius 2 is 1.88 bits per heavy atom. The summed E-state index contributed by atoms with van der Waals surface area (Å²) in [6.45, 7) is 0. The van der Waals surface area contributed by atoms with Crippen molar-refractivity contribution >= 4 is 28.5 Å². The fraction of sp³-hybridized carbons (Fsp3) is 0.375. The molecule has 26 heavy (non-hydrogen) atoms. The topological polar surface area (TPSA) is 147 Å². The summed E-state index contributed by atoms with van der Waals surface area (Å²) in [5, 5.41) is 39.0. The fourth-order valence-electron chi connectivity index (χ4n) is 2.68. The largest absolute Gasteiger partial charge is 0.479 e. The van der Waals surface area contributed by atoms with Gasteiger partial charge in [-0.15, -0.1) is 11.6 Å². The highest BCUT2D eigenvalue weighted by Gasteiger charge is 2.48. The van der Waals surface area contributed by atoms with Crippen molar-refractivity contribution in [2.24, 2.45) is 0 Å². The average Bonchev–Trinajstić information content (AvgIpc) is 2.60. The van der Waals surface area contributed by atoms with Crippen LogP contribution < -0.4 is 10.4 Å². The second-order valence-corrected chi connectivity index (χ2v) is 6.00. The fourth-order valence-corrected chi connectivity index (χ4v) is 2.90. The number of rotatable bonds is 4. The molecular weight excluding hydrogens is 372 g/mol. The van der Waals surface area contributed by atoms with E-state index in [2.05, 4.69) is 0 Å². The molecule has 1 fully saturated rings. The van der Waals surface area contributed by atoms with Gasteiger partial charge >= 0.3 is 11.6 Å². The number of aliphatic hydroxyl groups is 3. The number of fused-ring (bicyclic) bond motifs is 1. The first-order valence-corrected chi connectivity index (χ1v) is 8.07. The van der Waals surface area contributed by atoms with E-state index in [4.69, 9.17) is 30.6 Å². The summed E-state index contributed by atoms with van der Waals surface area (Å²) in [5.74, 6) is -1.34. The number of benzene rings is 1. The van der Waals surface area contributed by atoms with E-state index in [1.54, 1.807) is 6.07 Å². The van der Waals surface area contributed by atoms with Crippen LogP contribution in [0.3, 0.4) is 0 Å². The van der Waals surface area contributed by atoms with Crippen molar-refractivity contribution in [1.29, 1.82) is 0 Å². The van der Waals surface area contributed by atoms with Crippen LogP contribution in [0, 0.1) is 0 Å². The second kappa shape index (κ2) is 7.22. The number of hydrogen-bond donors (Lipinski definition) is 4. The minimum atomic E-state index is -1.82. The molecule has 3 rings (SSSR count). The molecule has 4 N–H and O–H groups in total. The van der Waals surface area contributed by atoms with Crippen molar-refractivity contribution in [1.82, 2.24) is 0 Å². The SMILES string of the molecule is O=C(O)[C@H]1O[C@@H](Oc2ccc3c(CCl)cc(=O)oc3c2)[C@H](O)[C@@H](O)[C@@H]1O. The standard InChI is InChI=1S/C16H15ClO9/c17-5-6-3-10(18)25-9-4-7(1-2-8(6)9)24-16-13(21)11(19)12(20)14(26-16)15(22)23/h1-4,11-14,16,19-21H,5H2,(H,22,23)/t11-,12-,13+,14-,16+/m0/s1. The van der Waals surface area contributed by atoms with E-state index in [0.717, 1.165) is 0 Å². The van der Waals surface area contributed by atoms with Gasteiger partial charge in [-0.2, -0.15) is 0 Å². The number of carbonyl (C=O) groups is 1. The molecule has 9 nitrogen and oxygen atoms in total. The van der Waals surface area contributed by atoms with Gasteiger partial charge in [-0.25, -0.2) is 9.59 Å². The van der Waals surface area contributed by atoms with Gasteiger partial charge in [-0.3, -0.25) is 0 Å². The van der Waals surface area contributed by atoms with Crippen molar-refractivity contribution in [3.63, 3.8) is 0 Å². The highest BCUT2D eigenvalue weighted by atomic mass is 35.5. The minimum absolute atomic E-state index is 0.0872. The Labute approximate surface area is 150 Å². The maximum absolute atomic E-state index is 11.6. The molecular formula is C16H15ClO9. The Hall–Kier alpha value is -2.17. The number of ether oxygens (including phenoxy) is 2. The number of carboxylic acids is 1. The molecule has 0 unspecified atom stereocenters. The van der Waals surface area contributed by atoms with Gasteiger partial charge in [-0.05, 0) is 17.7 Å². The van der Waals surface area contributed by atoms with E-state index in [1.807, 2.05) is 0 Å². The summed E-state index contributed by atoms with van der Waals surface area (Å²) >= 11 is 5.80. The van der Waals surface area contributed by atoms with Gasteiger partial charge in [0.15, 0.2) is 6.10 Å². The predicted molar refractivity (Wildman–Crippen MR) is 87.0 cm³/mol. The Morgan fingerprint density at radius 1 is 1.15 bits per heavy atom. The molecule has 1 aromatic carbocycles. The van der Waals surface area contributed by atoms with E-state index in [-0.39, 0.29) is 17.2 Å². The molecule has 140 valence electrons. The summed E-state index contributed by atoms with van der Waals surface area (Å²) in [5.41, 5.74) is 0.123. The first-order chi connectivity index (χ1) is 12.3. The molecule has 1 aliphatic rings. The molecule has 1 aromatic heterocycles. The van der Waals surface area contributed by atoms with E-state index < -0.39 is 42.3 Å². The van der Waals surface area contributed by atoms with Crippen LogP contribution in [0.2, 0.25) is 0 Å². The van der Waals surface area contributed by atoms with E-state index in [0.29, 0.717) is 10.9 Å². The summed E-state index contributed by atoms with van der Waals surface area (Å²) in [4.78, 5) is 22.7. The lowest BCUT2D eigenvalue weighted by molar-refractivity contribution is -0.271. The number of alkyl halides is 1. The van der Waals surface area contributed by atoms with Gasteiger partial charge in [0.25, 0.3) is 0 Å². The van der Waals surface area contributed by atoms with Crippen LogP contribution in [-0.4, -0.2) is 57.1 Å². The van der Waals surface area contributed by atoms with Crippen LogP contribution in [0.1, 0.15) is 5.56 Å². The van der Waals surface area contributed by atoms with Crippen LogP contribution in [0.5, 0.6) is 5.75 Å². The predicted octanol–water partition coefficient (Wildman–Crippen LogP) is -0.197. The van der Waals surface area contributed by atoms with Crippen molar-refractivity contribution in [3.05, 3.63) is 40.2 Å². The third-order valence-corrected chi connectivity index (χ3v) is 4.30. The first kappa shape index (κ1) is 18.6. The molecule has 0 saturated carbocycles. The lowest BCUT2D eigenvalue weighted by Gasteiger charge is -2.38. The van der Waals surface area contributed by atoms with Gasteiger partial charge in [0.2, 0.25) is 6.29 Å². The molecule has 1 aliphatic heterocycles. The third-order valence-electron chi connectivity index (χ3n) is 4.01. The lowest BCUT2D eigenvalue weighted by atomic mass is 9.99. The van der Waals surface area contributed by atoms with Crippen LogP contribution >= 0.6 is 11.6 Å². The molecule has 10 heteroatoms. The van der Waals surface area contributed by atoms with Crippen molar-refractivity contribution in [3.8, 4) is 5.75 Å². The Balaban J connectivity index is 1.90. The zero-order valence-electron chi connectivity index (χ0n) is 13.1. The van der Waals surface area contributed by atoms with Gasteiger partial charge in [0, 0.05) is 23.4 Å². The highest BCUT2D eigenvalue weighted by Crippen LogP contribution is 2.28. The first-order valence-electron chi connectivity index (χ1n) is 7.53. The van der Waals surface area contributed by atoms with Gasteiger partial charge in [0.05, 0.1) is 0 Å². The molecule has 0 radical (unpaired) electrons. The highest BCUT2D eigenvalue weighted by molar-refractivity contribution is 6.17. The lowest BCUT2D eigenvalue weighted by Crippen LogP contribution is -2.61. The van der Waals surface area contributed by atoms with Crippen molar-refractivity contribution in [2.75, 3.05) is 0 Å². The number of hydrogen-bond acceptors (Lipinski definition) is 8.